The number of alkyl halides is 3. The monoisotopic (exact) mass is 384 g/mol. The molecule has 0 saturated carbocycles. The summed E-state index contributed by atoms with van der Waals surface area (Å²) in [7, 11) is 0. The van der Waals surface area contributed by atoms with Gasteiger partial charge in [-0.05, 0) is 36.8 Å². The molecule has 138 valence electrons. The maximum absolute atomic E-state index is 13.1. The molecule has 1 aliphatic heterocycles. The molecule has 0 bridgehead atoms. The number of carbonyl (C=O) groups excluding carboxylic acids is 1. The number of nitrogens with one attached hydrogen (secondary N) is 1. The molecule has 1 heterocycles. The van der Waals surface area contributed by atoms with Crippen molar-refractivity contribution in [3.63, 3.8) is 0 Å². The third-order valence-electron chi connectivity index (χ3n) is 4.07. The smallest absolute Gasteiger partial charge is 0.418 e. The van der Waals surface area contributed by atoms with E-state index in [-0.39, 0.29) is 18.3 Å². The molecule has 1 unspecified atom stereocenters. The zero-order valence-electron chi connectivity index (χ0n) is 13.8. The molecule has 2 amide bonds. The predicted molar refractivity (Wildman–Crippen MR) is 94.0 cm³/mol. The van der Waals surface area contributed by atoms with Crippen molar-refractivity contribution < 1.29 is 22.7 Å². The Morgan fingerprint density at radius 2 is 2.04 bits per heavy atom. The summed E-state index contributed by atoms with van der Waals surface area (Å²) in [6, 6.07) is 9.01. The number of hydrogen-bond acceptors (Lipinski definition) is 2. The van der Waals surface area contributed by atoms with Crippen molar-refractivity contribution in [1.29, 1.82) is 0 Å². The summed E-state index contributed by atoms with van der Waals surface area (Å²) < 4.78 is 45.2. The number of para-hydroxylation sites is 1. The molecular weight excluding hydrogens is 369 g/mol. The van der Waals surface area contributed by atoms with Crippen LogP contribution >= 0.6 is 11.6 Å². The molecule has 0 spiro atoms. The molecule has 2 aromatic rings. The van der Waals surface area contributed by atoms with E-state index in [0.717, 1.165) is 6.07 Å². The van der Waals surface area contributed by atoms with Crippen molar-refractivity contribution in [2.75, 3.05) is 16.8 Å². The molecule has 0 aliphatic carbocycles. The number of hydrogen-bond donors (Lipinski definition) is 1. The van der Waals surface area contributed by atoms with Gasteiger partial charge in [-0.25, -0.2) is 4.79 Å². The van der Waals surface area contributed by atoms with Crippen molar-refractivity contribution in [2.24, 2.45) is 0 Å². The maximum Gasteiger partial charge on any atom is 0.418 e. The lowest BCUT2D eigenvalue weighted by Gasteiger charge is -2.34. The van der Waals surface area contributed by atoms with Crippen molar-refractivity contribution in [3.05, 3.63) is 53.1 Å². The minimum absolute atomic E-state index is 0.212. The van der Waals surface area contributed by atoms with E-state index < -0.39 is 17.8 Å². The van der Waals surface area contributed by atoms with E-state index in [0.29, 0.717) is 22.9 Å². The molecule has 1 N–H and O–H groups in total. The van der Waals surface area contributed by atoms with Crippen LogP contribution in [0.4, 0.5) is 29.3 Å². The normalized spacial score (nSPS) is 16.7. The van der Waals surface area contributed by atoms with Crippen molar-refractivity contribution >= 4 is 29.0 Å². The second-order valence-electron chi connectivity index (χ2n) is 5.84. The van der Waals surface area contributed by atoms with Crippen LogP contribution in [0, 0.1) is 0 Å². The topological polar surface area (TPSA) is 41.6 Å². The van der Waals surface area contributed by atoms with Gasteiger partial charge in [-0.2, -0.15) is 13.2 Å². The lowest BCUT2D eigenvalue weighted by molar-refractivity contribution is -0.136. The summed E-state index contributed by atoms with van der Waals surface area (Å²) in [4.78, 5) is 14.1. The largest absolute Gasteiger partial charge is 0.486 e. The number of benzene rings is 2. The van der Waals surface area contributed by atoms with E-state index in [2.05, 4.69) is 5.32 Å². The third-order valence-corrected chi connectivity index (χ3v) is 4.30. The maximum atomic E-state index is 13.1. The van der Waals surface area contributed by atoms with Gasteiger partial charge >= 0.3 is 12.2 Å². The standard InChI is InChI=1S/C18H16ClF3N2O2/c1-2-12-10-24(15-9-11(19)7-8-16(15)26-12)17(25)23-14-6-4-3-5-13(14)18(20,21)22/h3-9,12H,2,10H2,1H3,(H,23,25). The highest BCUT2D eigenvalue weighted by Gasteiger charge is 2.35. The summed E-state index contributed by atoms with van der Waals surface area (Å²) in [6.45, 7) is 2.12. The highest BCUT2D eigenvalue weighted by Crippen LogP contribution is 2.38. The van der Waals surface area contributed by atoms with Gasteiger partial charge in [0.2, 0.25) is 0 Å². The molecule has 0 radical (unpaired) electrons. The number of carbonyl (C=O) groups is 1. The van der Waals surface area contributed by atoms with E-state index in [4.69, 9.17) is 16.3 Å². The van der Waals surface area contributed by atoms with Gasteiger partial charge in [0.05, 0.1) is 23.5 Å². The molecule has 1 aliphatic rings. The number of ether oxygens (including phenoxy) is 1. The van der Waals surface area contributed by atoms with Crippen LogP contribution in [0.25, 0.3) is 0 Å². The molecule has 3 rings (SSSR count). The average molecular weight is 385 g/mol. The molecule has 26 heavy (non-hydrogen) atoms. The molecule has 0 fully saturated rings. The molecule has 1 atom stereocenters. The summed E-state index contributed by atoms with van der Waals surface area (Å²) in [6.07, 6.45) is -4.18. The number of halogens is 4. The highest BCUT2D eigenvalue weighted by molar-refractivity contribution is 6.31. The molecule has 4 nitrogen and oxygen atoms in total. The van der Waals surface area contributed by atoms with Gasteiger partial charge < -0.3 is 10.1 Å². The number of nitrogens with zero attached hydrogens (tertiary/aromatic N) is 1. The first-order valence-electron chi connectivity index (χ1n) is 8.00. The lowest BCUT2D eigenvalue weighted by Crippen LogP contribution is -2.45. The van der Waals surface area contributed by atoms with Crippen molar-refractivity contribution in [1.82, 2.24) is 0 Å². The highest BCUT2D eigenvalue weighted by atomic mass is 35.5. The third kappa shape index (κ3) is 3.72. The van der Waals surface area contributed by atoms with E-state index in [1.165, 1.54) is 23.1 Å². The van der Waals surface area contributed by atoms with Crippen LogP contribution < -0.4 is 15.0 Å². The van der Waals surface area contributed by atoms with E-state index in [1.54, 1.807) is 18.2 Å². The molecule has 2 aromatic carbocycles. The fourth-order valence-corrected chi connectivity index (χ4v) is 2.91. The fourth-order valence-electron chi connectivity index (χ4n) is 2.75. The molecular formula is C18H16ClF3N2O2. The van der Waals surface area contributed by atoms with E-state index in [9.17, 15) is 18.0 Å². The van der Waals surface area contributed by atoms with Crippen LogP contribution in [-0.4, -0.2) is 18.7 Å². The summed E-state index contributed by atoms with van der Waals surface area (Å²) >= 11 is 6.00. The minimum atomic E-state index is -4.57. The Balaban J connectivity index is 1.93. The Morgan fingerprint density at radius 1 is 1.31 bits per heavy atom. The fraction of sp³-hybridized carbons (Fsp3) is 0.278. The average Bonchev–Trinajstić information content (AvgIpc) is 2.60. The first kappa shape index (κ1) is 18.4. The van der Waals surface area contributed by atoms with Crippen molar-refractivity contribution in [3.8, 4) is 5.75 Å². The second kappa shape index (κ2) is 7.07. The summed E-state index contributed by atoms with van der Waals surface area (Å²) in [5, 5.41) is 2.76. The molecule has 0 aromatic heterocycles. The predicted octanol–water partition coefficient (Wildman–Crippen LogP) is 5.57. The van der Waals surface area contributed by atoms with Crippen LogP contribution in [0.3, 0.4) is 0 Å². The van der Waals surface area contributed by atoms with Crippen LogP contribution in [-0.2, 0) is 6.18 Å². The van der Waals surface area contributed by atoms with Gasteiger partial charge in [0.1, 0.15) is 11.9 Å². The first-order valence-corrected chi connectivity index (χ1v) is 8.38. The Kier molecular flexibility index (Phi) is 5.00. The second-order valence-corrected chi connectivity index (χ2v) is 6.28. The Hall–Kier alpha value is -2.41. The number of anilines is 2. The van der Waals surface area contributed by atoms with E-state index >= 15 is 0 Å². The zero-order valence-corrected chi connectivity index (χ0v) is 14.6. The van der Waals surface area contributed by atoms with E-state index in [1.807, 2.05) is 6.92 Å². The van der Waals surface area contributed by atoms with Gasteiger partial charge in [-0.3, -0.25) is 4.90 Å². The Morgan fingerprint density at radius 3 is 2.73 bits per heavy atom. The van der Waals surface area contributed by atoms with Crippen LogP contribution in [0.5, 0.6) is 5.75 Å². The van der Waals surface area contributed by atoms with Crippen LogP contribution in [0.1, 0.15) is 18.9 Å². The lowest BCUT2D eigenvalue weighted by atomic mass is 10.1. The summed E-state index contributed by atoms with van der Waals surface area (Å²) in [5.74, 6) is 0.465. The van der Waals surface area contributed by atoms with Gasteiger partial charge in [-0.1, -0.05) is 30.7 Å². The number of fused-ring (bicyclic) bond motifs is 1. The van der Waals surface area contributed by atoms with Crippen molar-refractivity contribution in [2.45, 2.75) is 25.6 Å². The number of urea groups is 1. The molecule has 8 heteroatoms. The first-order chi connectivity index (χ1) is 12.3. The summed E-state index contributed by atoms with van der Waals surface area (Å²) in [5.41, 5.74) is -0.780. The van der Waals surface area contributed by atoms with Gasteiger partial charge in [-0.15, -0.1) is 0 Å². The quantitative estimate of drug-likeness (QED) is 0.735. The zero-order chi connectivity index (χ0) is 18.9. The number of amides is 2. The van der Waals surface area contributed by atoms with Gasteiger partial charge in [0, 0.05) is 5.02 Å². The SMILES string of the molecule is CCC1CN(C(=O)Nc2ccccc2C(F)(F)F)c2cc(Cl)ccc2O1. The van der Waals surface area contributed by atoms with Gasteiger partial charge in [0.15, 0.2) is 0 Å². The van der Waals surface area contributed by atoms with Crippen LogP contribution in [0.15, 0.2) is 42.5 Å². The van der Waals surface area contributed by atoms with Gasteiger partial charge in [0.25, 0.3) is 0 Å². The minimum Gasteiger partial charge on any atom is -0.486 e. The Bertz CT molecular complexity index is 826. The van der Waals surface area contributed by atoms with Crippen LogP contribution in [0.2, 0.25) is 5.02 Å². The Labute approximate surface area is 153 Å². The number of rotatable bonds is 2. The molecule has 0 saturated heterocycles.